The molecule has 1 fully saturated rings. The molecule has 0 spiro atoms. The number of hydrogen-bond donors (Lipinski definition) is 1. The highest BCUT2D eigenvalue weighted by atomic mass is 32.2. The molecule has 0 aromatic heterocycles. The summed E-state index contributed by atoms with van der Waals surface area (Å²) in [6, 6.07) is 14.3. The summed E-state index contributed by atoms with van der Waals surface area (Å²) >= 11 is 0. The Kier molecular flexibility index (Phi) is 7.56. The quantitative estimate of drug-likeness (QED) is 0.638. The number of para-hydroxylation sites is 1. The molecule has 1 aliphatic rings. The van der Waals surface area contributed by atoms with Crippen molar-refractivity contribution < 1.29 is 22.7 Å². The third kappa shape index (κ3) is 5.48. The average molecular weight is 459 g/mol. The molecule has 3 rings (SSSR count). The van der Waals surface area contributed by atoms with E-state index in [1.54, 1.807) is 30.3 Å². The highest BCUT2D eigenvalue weighted by molar-refractivity contribution is 7.92. The second kappa shape index (κ2) is 10.2. The lowest BCUT2D eigenvalue weighted by Crippen LogP contribution is -2.45. The van der Waals surface area contributed by atoms with Gasteiger partial charge in [-0.05, 0) is 62.1 Å². The topological polar surface area (TPSA) is 92.8 Å². The zero-order valence-corrected chi connectivity index (χ0v) is 19.5. The second-order valence-electron chi connectivity index (χ2n) is 8.26. The van der Waals surface area contributed by atoms with Crippen LogP contribution in [0.2, 0.25) is 0 Å². The first-order chi connectivity index (χ1) is 15.2. The molecule has 2 aromatic rings. The number of ether oxygens (including phenoxy) is 1. The molecule has 172 valence electrons. The number of carbonyl (C=O) groups is 2. The van der Waals surface area contributed by atoms with Gasteiger partial charge in [0, 0.05) is 13.1 Å². The fourth-order valence-electron chi connectivity index (χ4n) is 3.81. The van der Waals surface area contributed by atoms with Crippen LogP contribution in [-0.2, 0) is 19.6 Å². The summed E-state index contributed by atoms with van der Waals surface area (Å²) in [7, 11) is -2.30. The smallest absolute Gasteiger partial charge is 0.338 e. The van der Waals surface area contributed by atoms with Gasteiger partial charge >= 0.3 is 5.97 Å². The number of nitrogens with zero attached hydrogens (tertiary/aromatic N) is 1. The number of carbonyl (C=O) groups excluding carboxylic acids is 2. The van der Waals surface area contributed by atoms with Crippen molar-refractivity contribution >= 4 is 27.6 Å². The van der Waals surface area contributed by atoms with E-state index in [4.69, 9.17) is 4.74 Å². The molecule has 7 nitrogen and oxygen atoms in total. The first-order valence-corrected chi connectivity index (χ1v) is 12.3. The molecule has 1 saturated carbocycles. The van der Waals surface area contributed by atoms with Crippen LogP contribution in [-0.4, -0.2) is 39.5 Å². The van der Waals surface area contributed by atoms with E-state index in [2.05, 4.69) is 12.2 Å². The predicted molar refractivity (Wildman–Crippen MR) is 123 cm³/mol. The van der Waals surface area contributed by atoms with Crippen molar-refractivity contribution in [2.45, 2.75) is 56.6 Å². The molecule has 32 heavy (non-hydrogen) atoms. The fraction of sp³-hybridized carbons (Fsp3) is 0.417. The Hall–Kier alpha value is -2.87. The van der Waals surface area contributed by atoms with Gasteiger partial charge in [0.05, 0.1) is 16.1 Å². The maximum absolute atomic E-state index is 12.9. The summed E-state index contributed by atoms with van der Waals surface area (Å²) in [6.07, 6.45) is 3.32. The van der Waals surface area contributed by atoms with Crippen LogP contribution in [0.5, 0.6) is 0 Å². The number of benzene rings is 2. The van der Waals surface area contributed by atoms with Gasteiger partial charge in [0.15, 0.2) is 6.10 Å². The maximum Gasteiger partial charge on any atom is 0.338 e. The van der Waals surface area contributed by atoms with Crippen LogP contribution >= 0.6 is 0 Å². The van der Waals surface area contributed by atoms with Crippen LogP contribution in [0.25, 0.3) is 0 Å². The number of rotatable bonds is 7. The molecular formula is C24H30N2O5S. The summed E-state index contributed by atoms with van der Waals surface area (Å²) in [5, 5.41) is 2.98. The molecule has 0 bridgehead atoms. The van der Waals surface area contributed by atoms with Gasteiger partial charge in [0.2, 0.25) is 0 Å². The number of amides is 1. The standard InChI is InChI=1S/C24H30N2O5S/c1-17-9-7-8-12-22(17)25-23(27)18(2)31-24(28)19-13-15-21(16-14-19)32(29,30)26(3)20-10-5-4-6-11-20/h4-6,10-11,13-18,22H,7-9,12H2,1-3H3,(H,25,27)/t17-,18-,22-/m0/s1. The van der Waals surface area contributed by atoms with E-state index in [-0.39, 0.29) is 22.4 Å². The van der Waals surface area contributed by atoms with E-state index in [0.29, 0.717) is 11.6 Å². The molecule has 1 N–H and O–H groups in total. The number of nitrogens with one attached hydrogen (secondary N) is 1. The third-order valence-electron chi connectivity index (χ3n) is 5.96. The number of anilines is 1. The molecule has 0 heterocycles. The Bertz CT molecular complexity index is 1040. The molecule has 0 unspecified atom stereocenters. The lowest BCUT2D eigenvalue weighted by Gasteiger charge is -2.30. The van der Waals surface area contributed by atoms with Gasteiger partial charge in [-0.15, -0.1) is 0 Å². The van der Waals surface area contributed by atoms with Gasteiger partial charge in [0.1, 0.15) is 0 Å². The van der Waals surface area contributed by atoms with Crippen molar-refractivity contribution in [3.63, 3.8) is 0 Å². The first kappa shape index (κ1) is 23.8. The number of sulfonamides is 1. The van der Waals surface area contributed by atoms with E-state index in [1.165, 1.54) is 49.0 Å². The Balaban J connectivity index is 1.62. The van der Waals surface area contributed by atoms with E-state index in [0.717, 1.165) is 19.3 Å². The summed E-state index contributed by atoms with van der Waals surface area (Å²) in [5.41, 5.74) is 0.708. The second-order valence-corrected chi connectivity index (χ2v) is 10.2. The van der Waals surface area contributed by atoms with Crippen molar-refractivity contribution in [2.24, 2.45) is 5.92 Å². The van der Waals surface area contributed by atoms with E-state index in [1.807, 2.05) is 0 Å². The van der Waals surface area contributed by atoms with Crippen molar-refractivity contribution in [1.82, 2.24) is 5.32 Å². The largest absolute Gasteiger partial charge is 0.449 e. The maximum atomic E-state index is 12.9. The Labute approximate surface area is 189 Å². The molecule has 0 radical (unpaired) electrons. The van der Waals surface area contributed by atoms with Gasteiger partial charge < -0.3 is 10.1 Å². The zero-order valence-electron chi connectivity index (χ0n) is 18.7. The Morgan fingerprint density at radius 1 is 1.03 bits per heavy atom. The van der Waals surface area contributed by atoms with Crippen LogP contribution in [0.4, 0.5) is 5.69 Å². The van der Waals surface area contributed by atoms with Crippen molar-refractivity contribution in [3.8, 4) is 0 Å². The van der Waals surface area contributed by atoms with E-state index < -0.39 is 22.1 Å². The molecule has 8 heteroatoms. The van der Waals surface area contributed by atoms with Gasteiger partial charge in [-0.2, -0.15) is 0 Å². The van der Waals surface area contributed by atoms with Crippen LogP contribution in [0, 0.1) is 5.92 Å². The lowest BCUT2D eigenvalue weighted by molar-refractivity contribution is -0.130. The average Bonchev–Trinajstić information content (AvgIpc) is 2.80. The third-order valence-corrected chi connectivity index (χ3v) is 7.76. The normalized spacial score (nSPS) is 19.6. The molecular weight excluding hydrogens is 428 g/mol. The van der Waals surface area contributed by atoms with Crippen molar-refractivity contribution in [1.29, 1.82) is 0 Å². The van der Waals surface area contributed by atoms with Crippen LogP contribution in [0.3, 0.4) is 0 Å². The first-order valence-electron chi connectivity index (χ1n) is 10.9. The Morgan fingerprint density at radius 2 is 1.66 bits per heavy atom. The van der Waals surface area contributed by atoms with E-state index >= 15 is 0 Å². The molecule has 2 aromatic carbocycles. The molecule has 1 amide bonds. The summed E-state index contributed by atoms with van der Waals surface area (Å²) in [5.74, 6) is -0.593. The highest BCUT2D eigenvalue weighted by Gasteiger charge is 2.27. The fourth-order valence-corrected chi connectivity index (χ4v) is 5.01. The molecule has 0 saturated heterocycles. The molecule has 1 aliphatic carbocycles. The van der Waals surface area contributed by atoms with Gasteiger partial charge in [0.25, 0.3) is 15.9 Å². The minimum atomic E-state index is -3.78. The monoisotopic (exact) mass is 458 g/mol. The van der Waals surface area contributed by atoms with E-state index in [9.17, 15) is 18.0 Å². The highest BCUT2D eigenvalue weighted by Crippen LogP contribution is 2.24. The summed E-state index contributed by atoms with van der Waals surface area (Å²) in [4.78, 5) is 25.0. The van der Waals surface area contributed by atoms with Crippen LogP contribution in [0.15, 0.2) is 59.5 Å². The minimum Gasteiger partial charge on any atom is -0.449 e. The molecule has 3 atom stereocenters. The van der Waals surface area contributed by atoms with Crippen LogP contribution < -0.4 is 9.62 Å². The van der Waals surface area contributed by atoms with Gasteiger partial charge in [-0.3, -0.25) is 9.10 Å². The summed E-state index contributed by atoms with van der Waals surface area (Å²) < 4.78 is 32.2. The SMILES string of the molecule is C[C@H](OC(=O)c1ccc(S(=O)(=O)N(C)c2ccccc2)cc1)C(=O)N[C@H]1CCCC[C@@H]1C. The predicted octanol–water partition coefficient (Wildman–Crippen LogP) is 3.75. The van der Waals surface area contributed by atoms with Crippen molar-refractivity contribution in [2.75, 3.05) is 11.4 Å². The van der Waals surface area contributed by atoms with Gasteiger partial charge in [-0.1, -0.05) is 38.0 Å². The van der Waals surface area contributed by atoms with Crippen LogP contribution in [0.1, 0.15) is 49.9 Å². The lowest BCUT2D eigenvalue weighted by atomic mass is 9.86. The molecule has 0 aliphatic heterocycles. The number of hydrogen-bond acceptors (Lipinski definition) is 5. The summed E-state index contributed by atoms with van der Waals surface area (Å²) in [6.45, 7) is 3.65. The number of esters is 1. The minimum absolute atomic E-state index is 0.0532. The van der Waals surface area contributed by atoms with Gasteiger partial charge in [-0.25, -0.2) is 13.2 Å². The zero-order chi connectivity index (χ0) is 23.3. The Morgan fingerprint density at radius 3 is 2.28 bits per heavy atom. The van der Waals surface area contributed by atoms with Crippen molar-refractivity contribution in [3.05, 3.63) is 60.2 Å².